The first kappa shape index (κ1) is 18.4. The summed E-state index contributed by atoms with van der Waals surface area (Å²) in [4.78, 5) is 11.4. The molecule has 1 atom stereocenters. The summed E-state index contributed by atoms with van der Waals surface area (Å²) in [5.74, 6) is -0.260. The van der Waals surface area contributed by atoms with E-state index in [-0.39, 0.29) is 12.4 Å². The molecular formula is C16H32O3. The van der Waals surface area contributed by atoms with E-state index in [9.17, 15) is 9.90 Å². The van der Waals surface area contributed by atoms with Crippen LogP contribution in [0.25, 0.3) is 0 Å². The van der Waals surface area contributed by atoms with Gasteiger partial charge in [-0.3, -0.25) is 4.79 Å². The maximum Gasteiger partial charge on any atom is 0.308 e. The van der Waals surface area contributed by atoms with Crippen molar-refractivity contribution < 1.29 is 14.6 Å². The molecule has 0 rings (SSSR count). The summed E-state index contributed by atoms with van der Waals surface area (Å²) < 4.78 is 5.11. The van der Waals surface area contributed by atoms with Crippen LogP contribution in [0, 0.1) is 0 Å². The van der Waals surface area contributed by atoms with Crippen LogP contribution in [0.2, 0.25) is 0 Å². The largest absolute Gasteiger partial charge is 0.466 e. The summed E-state index contributed by atoms with van der Waals surface area (Å²) in [6, 6.07) is 0. The molecule has 0 aromatic carbocycles. The number of esters is 1. The summed E-state index contributed by atoms with van der Waals surface area (Å²) in [5, 5.41) is 9.46. The SMILES string of the molecule is CCCCCCCCCCOC(=O)CC(O)CCC. The topological polar surface area (TPSA) is 46.5 Å². The van der Waals surface area contributed by atoms with Crippen molar-refractivity contribution in [3.05, 3.63) is 0 Å². The van der Waals surface area contributed by atoms with Gasteiger partial charge in [-0.25, -0.2) is 0 Å². The number of hydrogen-bond acceptors (Lipinski definition) is 3. The molecule has 0 amide bonds. The monoisotopic (exact) mass is 272 g/mol. The first-order valence-corrected chi connectivity index (χ1v) is 8.04. The lowest BCUT2D eigenvalue weighted by atomic mass is 10.1. The number of ether oxygens (including phenoxy) is 1. The molecule has 0 aliphatic rings. The van der Waals surface area contributed by atoms with E-state index >= 15 is 0 Å². The third kappa shape index (κ3) is 13.7. The molecule has 0 spiro atoms. The van der Waals surface area contributed by atoms with Crippen molar-refractivity contribution in [2.24, 2.45) is 0 Å². The Balaban J connectivity index is 3.23. The van der Waals surface area contributed by atoms with Crippen LogP contribution in [0.1, 0.15) is 84.5 Å². The van der Waals surface area contributed by atoms with Crippen molar-refractivity contribution in [3.8, 4) is 0 Å². The molecule has 3 heteroatoms. The number of aliphatic hydroxyl groups excluding tert-OH is 1. The van der Waals surface area contributed by atoms with Gasteiger partial charge in [0.25, 0.3) is 0 Å². The highest BCUT2D eigenvalue weighted by Gasteiger charge is 2.10. The molecular weight excluding hydrogens is 240 g/mol. The van der Waals surface area contributed by atoms with Gasteiger partial charge in [-0.2, -0.15) is 0 Å². The molecule has 0 aromatic rings. The average molecular weight is 272 g/mol. The van der Waals surface area contributed by atoms with Crippen molar-refractivity contribution in [1.29, 1.82) is 0 Å². The van der Waals surface area contributed by atoms with Crippen molar-refractivity contribution in [1.82, 2.24) is 0 Å². The van der Waals surface area contributed by atoms with Crippen molar-refractivity contribution in [2.75, 3.05) is 6.61 Å². The summed E-state index contributed by atoms with van der Waals surface area (Å²) in [6.45, 7) is 4.73. The summed E-state index contributed by atoms with van der Waals surface area (Å²) in [5.41, 5.74) is 0. The van der Waals surface area contributed by atoms with E-state index < -0.39 is 6.10 Å². The van der Waals surface area contributed by atoms with E-state index in [1.54, 1.807) is 0 Å². The van der Waals surface area contributed by atoms with Gasteiger partial charge in [0.2, 0.25) is 0 Å². The molecule has 0 aromatic heterocycles. The van der Waals surface area contributed by atoms with Crippen LogP contribution in [0.5, 0.6) is 0 Å². The van der Waals surface area contributed by atoms with Crippen LogP contribution < -0.4 is 0 Å². The minimum absolute atomic E-state index is 0.144. The molecule has 3 nitrogen and oxygen atoms in total. The maximum atomic E-state index is 11.4. The predicted molar refractivity (Wildman–Crippen MR) is 79.1 cm³/mol. The molecule has 0 saturated heterocycles. The lowest BCUT2D eigenvalue weighted by Gasteiger charge is -2.09. The molecule has 1 unspecified atom stereocenters. The standard InChI is InChI=1S/C16H32O3/c1-3-5-6-7-8-9-10-11-13-19-16(18)14-15(17)12-4-2/h15,17H,3-14H2,1-2H3. The highest BCUT2D eigenvalue weighted by atomic mass is 16.5. The van der Waals surface area contributed by atoms with Crippen LogP contribution in [0.15, 0.2) is 0 Å². The van der Waals surface area contributed by atoms with E-state index in [4.69, 9.17) is 4.74 Å². The Morgan fingerprint density at radius 1 is 0.947 bits per heavy atom. The zero-order valence-corrected chi connectivity index (χ0v) is 12.8. The second-order valence-corrected chi connectivity index (χ2v) is 5.34. The molecule has 0 bridgehead atoms. The Bertz CT molecular complexity index is 204. The Kier molecular flexibility index (Phi) is 13.4. The zero-order valence-electron chi connectivity index (χ0n) is 12.8. The van der Waals surface area contributed by atoms with Gasteiger partial charge in [-0.1, -0.05) is 65.2 Å². The number of aliphatic hydroxyl groups is 1. The molecule has 0 heterocycles. The summed E-state index contributed by atoms with van der Waals surface area (Å²) >= 11 is 0. The molecule has 0 aliphatic carbocycles. The third-order valence-electron chi connectivity index (χ3n) is 3.29. The minimum Gasteiger partial charge on any atom is -0.466 e. The van der Waals surface area contributed by atoms with Crippen molar-refractivity contribution in [2.45, 2.75) is 90.6 Å². The zero-order chi connectivity index (χ0) is 14.3. The van der Waals surface area contributed by atoms with Crippen LogP contribution in [-0.4, -0.2) is 23.8 Å². The number of unbranched alkanes of at least 4 members (excludes halogenated alkanes) is 7. The van der Waals surface area contributed by atoms with Crippen LogP contribution in [0.3, 0.4) is 0 Å². The highest BCUT2D eigenvalue weighted by Crippen LogP contribution is 2.09. The predicted octanol–water partition coefficient (Wildman–Crippen LogP) is 4.22. The van der Waals surface area contributed by atoms with Crippen LogP contribution in [0.4, 0.5) is 0 Å². The number of rotatable bonds is 13. The minimum atomic E-state index is -0.531. The van der Waals surface area contributed by atoms with Crippen molar-refractivity contribution in [3.63, 3.8) is 0 Å². The van der Waals surface area contributed by atoms with Crippen molar-refractivity contribution >= 4 is 5.97 Å². The van der Waals surface area contributed by atoms with Gasteiger partial charge in [0.1, 0.15) is 0 Å². The van der Waals surface area contributed by atoms with Gasteiger partial charge in [0.05, 0.1) is 19.1 Å². The fraction of sp³-hybridized carbons (Fsp3) is 0.938. The van der Waals surface area contributed by atoms with Gasteiger partial charge in [0, 0.05) is 0 Å². The van der Waals surface area contributed by atoms with E-state index in [1.807, 2.05) is 6.92 Å². The molecule has 0 aliphatic heterocycles. The van der Waals surface area contributed by atoms with Gasteiger partial charge in [-0.15, -0.1) is 0 Å². The van der Waals surface area contributed by atoms with E-state index in [0.29, 0.717) is 13.0 Å². The lowest BCUT2D eigenvalue weighted by Crippen LogP contribution is -2.15. The lowest BCUT2D eigenvalue weighted by molar-refractivity contribution is -0.146. The normalized spacial score (nSPS) is 12.4. The van der Waals surface area contributed by atoms with E-state index in [1.165, 1.54) is 38.5 Å². The molecule has 114 valence electrons. The summed E-state index contributed by atoms with van der Waals surface area (Å²) in [7, 11) is 0. The Morgan fingerprint density at radius 3 is 2.11 bits per heavy atom. The van der Waals surface area contributed by atoms with Gasteiger partial charge in [-0.05, 0) is 12.8 Å². The van der Waals surface area contributed by atoms with Gasteiger partial charge >= 0.3 is 5.97 Å². The second kappa shape index (κ2) is 13.9. The Labute approximate surface area is 118 Å². The summed E-state index contributed by atoms with van der Waals surface area (Å²) in [6.07, 6.45) is 11.1. The average Bonchev–Trinajstić information content (AvgIpc) is 2.37. The fourth-order valence-electron chi connectivity index (χ4n) is 2.11. The van der Waals surface area contributed by atoms with Gasteiger partial charge in [0.15, 0.2) is 0 Å². The smallest absolute Gasteiger partial charge is 0.308 e. The first-order chi connectivity index (χ1) is 9.20. The highest BCUT2D eigenvalue weighted by molar-refractivity contribution is 5.69. The quantitative estimate of drug-likeness (QED) is 0.403. The molecule has 0 radical (unpaired) electrons. The number of carbonyl (C=O) groups excluding carboxylic acids is 1. The maximum absolute atomic E-state index is 11.4. The molecule has 1 N–H and O–H groups in total. The number of carbonyl (C=O) groups is 1. The van der Waals surface area contributed by atoms with E-state index in [2.05, 4.69) is 6.92 Å². The van der Waals surface area contributed by atoms with Gasteiger partial charge < -0.3 is 9.84 Å². The first-order valence-electron chi connectivity index (χ1n) is 8.04. The van der Waals surface area contributed by atoms with Crippen LogP contribution >= 0.6 is 0 Å². The molecule has 0 fully saturated rings. The fourth-order valence-corrected chi connectivity index (χ4v) is 2.11. The Hall–Kier alpha value is -0.570. The Morgan fingerprint density at radius 2 is 1.53 bits per heavy atom. The van der Waals surface area contributed by atoms with Crippen LogP contribution in [-0.2, 0) is 9.53 Å². The third-order valence-corrected chi connectivity index (χ3v) is 3.29. The van der Waals surface area contributed by atoms with E-state index in [0.717, 1.165) is 19.3 Å². The molecule has 19 heavy (non-hydrogen) atoms. The molecule has 0 saturated carbocycles. The second-order valence-electron chi connectivity index (χ2n) is 5.34. The number of hydrogen-bond donors (Lipinski definition) is 1.